The number of aldehydes is 1. The van der Waals surface area contributed by atoms with Crippen LogP contribution in [-0.4, -0.2) is 25.3 Å². The molecule has 4 nitrogen and oxygen atoms in total. The van der Waals surface area contributed by atoms with Gasteiger partial charge in [-0.05, 0) is 42.7 Å². The van der Waals surface area contributed by atoms with Crippen LogP contribution in [0.3, 0.4) is 0 Å². The fraction of sp³-hybridized carbons (Fsp3) is 0.364. The third-order valence-electron chi connectivity index (χ3n) is 5.23. The number of hydrogen-bond acceptors (Lipinski definition) is 3. The van der Waals surface area contributed by atoms with Gasteiger partial charge in [-0.25, -0.2) is 0 Å². The van der Waals surface area contributed by atoms with Gasteiger partial charge in [0, 0.05) is 36.4 Å². The first-order chi connectivity index (χ1) is 12.7. The van der Waals surface area contributed by atoms with E-state index in [-0.39, 0.29) is 5.91 Å². The number of carbonyl (C=O) groups excluding carboxylic acids is 2. The van der Waals surface area contributed by atoms with Crippen LogP contribution in [-0.2, 0) is 6.54 Å². The summed E-state index contributed by atoms with van der Waals surface area (Å²) >= 11 is 0. The van der Waals surface area contributed by atoms with Crippen LogP contribution < -0.4 is 10.2 Å². The lowest BCUT2D eigenvalue weighted by Gasteiger charge is -2.33. The molecule has 0 heterocycles. The van der Waals surface area contributed by atoms with Gasteiger partial charge in [-0.2, -0.15) is 0 Å². The minimum Gasteiger partial charge on any atom is -0.372 e. The van der Waals surface area contributed by atoms with Crippen molar-refractivity contribution >= 4 is 17.9 Å². The third kappa shape index (κ3) is 4.51. The van der Waals surface area contributed by atoms with E-state index in [1.807, 2.05) is 0 Å². The van der Waals surface area contributed by atoms with Crippen LogP contribution in [0.1, 0.15) is 58.4 Å². The van der Waals surface area contributed by atoms with E-state index >= 15 is 0 Å². The average Bonchev–Trinajstić information content (AvgIpc) is 2.72. The fourth-order valence-corrected chi connectivity index (χ4v) is 3.53. The van der Waals surface area contributed by atoms with E-state index in [1.165, 1.54) is 37.8 Å². The Morgan fingerprint density at radius 3 is 2.31 bits per heavy atom. The van der Waals surface area contributed by atoms with Crippen LogP contribution in [0.25, 0.3) is 0 Å². The monoisotopic (exact) mass is 350 g/mol. The van der Waals surface area contributed by atoms with Gasteiger partial charge in [0.1, 0.15) is 6.29 Å². The van der Waals surface area contributed by atoms with E-state index < -0.39 is 0 Å². The van der Waals surface area contributed by atoms with Crippen molar-refractivity contribution in [3.63, 3.8) is 0 Å². The van der Waals surface area contributed by atoms with E-state index in [0.717, 1.165) is 11.8 Å². The SMILES string of the molecule is CN(c1ccc(CNC(=O)c2ccc(C=O)cc2)cc1)C1CCCCC1. The molecule has 136 valence electrons. The molecule has 1 aliphatic carbocycles. The molecular weight excluding hydrogens is 324 g/mol. The number of nitrogens with one attached hydrogen (secondary N) is 1. The summed E-state index contributed by atoms with van der Waals surface area (Å²) in [5.74, 6) is -0.133. The van der Waals surface area contributed by atoms with Gasteiger partial charge in [-0.3, -0.25) is 9.59 Å². The Hall–Kier alpha value is -2.62. The molecular formula is C22H26N2O2. The molecule has 0 saturated heterocycles. The van der Waals surface area contributed by atoms with Crippen LogP contribution in [0.15, 0.2) is 48.5 Å². The molecule has 0 bridgehead atoms. The molecule has 2 aromatic carbocycles. The van der Waals surface area contributed by atoms with Gasteiger partial charge in [-0.15, -0.1) is 0 Å². The maximum absolute atomic E-state index is 12.2. The molecule has 0 atom stereocenters. The Labute approximate surface area is 155 Å². The summed E-state index contributed by atoms with van der Waals surface area (Å²) in [5, 5.41) is 2.92. The topological polar surface area (TPSA) is 49.4 Å². The van der Waals surface area contributed by atoms with Gasteiger partial charge < -0.3 is 10.2 Å². The maximum atomic E-state index is 12.2. The van der Waals surface area contributed by atoms with Crippen molar-refractivity contribution in [1.29, 1.82) is 0 Å². The number of amides is 1. The third-order valence-corrected chi connectivity index (χ3v) is 5.23. The number of benzene rings is 2. The normalized spacial score (nSPS) is 14.7. The summed E-state index contributed by atoms with van der Waals surface area (Å²) in [4.78, 5) is 25.2. The van der Waals surface area contributed by atoms with E-state index in [4.69, 9.17) is 0 Å². The van der Waals surface area contributed by atoms with E-state index in [0.29, 0.717) is 23.7 Å². The van der Waals surface area contributed by atoms with Crippen LogP contribution in [0, 0.1) is 0 Å². The minimum atomic E-state index is -0.133. The highest BCUT2D eigenvalue weighted by molar-refractivity contribution is 5.94. The van der Waals surface area contributed by atoms with Gasteiger partial charge in [-0.1, -0.05) is 43.5 Å². The molecule has 0 aliphatic heterocycles. The quantitative estimate of drug-likeness (QED) is 0.795. The molecule has 4 heteroatoms. The predicted molar refractivity (Wildman–Crippen MR) is 105 cm³/mol. The molecule has 26 heavy (non-hydrogen) atoms. The number of hydrogen-bond donors (Lipinski definition) is 1. The van der Waals surface area contributed by atoms with Crippen LogP contribution >= 0.6 is 0 Å². The summed E-state index contributed by atoms with van der Waals surface area (Å²) in [7, 11) is 2.18. The first-order valence-corrected chi connectivity index (χ1v) is 9.32. The van der Waals surface area contributed by atoms with Crippen LogP contribution in [0.5, 0.6) is 0 Å². The van der Waals surface area contributed by atoms with Gasteiger partial charge in [0.15, 0.2) is 0 Å². The Bertz CT molecular complexity index is 732. The van der Waals surface area contributed by atoms with Crippen molar-refractivity contribution in [2.24, 2.45) is 0 Å². The fourth-order valence-electron chi connectivity index (χ4n) is 3.53. The summed E-state index contributed by atoms with van der Waals surface area (Å²) < 4.78 is 0. The molecule has 1 amide bonds. The molecule has 1 fully saturated rings. The van der Waals surface area contributed by atoms with Crippen LogP contribution in [0.4, 0.5) is 5.69 Å². The number of nitrogens with zero attached hydrogens (tertiary/aromatic N) is 1. The minimum absolute atomic E-state index is 0.133. The summed E-state index contributed by atoms with van der Waals surface area (Å²) in [6.07, 6.45) is 7.34. The second-order valence-corrected chi connectivity index (χ2v) is 6.99. The largest absolute Gasteiger partial charge is 0.372 e. The lowest BCUT2D eigenvalue weighted by molar-refractivity contribution is 0.0950. The van der Waals surface area contributed by atoms with Crippen molar-refractivity contribution in [2.75, 3.05) is 11.9 Å². The number of carbonyl (C=O) groups is 2. The molecule has 0 unspecified atom stereocenters. The second kappa shape index (κ2) is 8.65. The van der Waals surface area contributed by atoms with Gasteiger partial charge in [0.25, 0.3) is 5.91 Å². The standard InChI is InChI=1S/C22H26N2O2/c1-24(20-5-3-2-4-6-20)21-13-9-17(10-14-21)15-23-22(26)19-11-7-18(16-25)8-12-19/h7-14,16,20H,2-6,15H2,1H3,(H,23,26). The number of anilines is 1. The summed E-state index contributed by atoms with van der Waals surface area (Å²) in [6.45, 7) is 0.488. The van der Waals surface area contributed by atoms with E-state index in [2.05, 4.69) is 41.5 Å². The zero-order chi connectivity index (χ0) is 18.4. The molecule has 1 aliphatic rings. The maximum Gasteiger partial charge on any atom is 0.251 e. The van der Waals surface area contributed by atoms with Crippen molar-refractivity contribution in [2.45, 2.75) is 44.7 Å². The van der Waals surface area contributed by atoms with Crippen molar-refractivity contribution < 1.29 is 9.59 Å². The lowest BCUT2D eigenvalue weighted by atomic mass is 9.94. The van der Waals surface area contributed by atoms with Gasteiger partial charge in [0.05, 0.1) is 0 Å². The van der Waals surface area contributed by atoms with Crippen molar-refractivity contribution in [1.82, 2.24) is 5.32 Å². The molecule has 1 N–H and O–H groups in total. The molecule has 1 saturated carbocycles. The van der Waals surface area contributed by atoms with Gasteiger partial charge in [0.2, 0.25) is 0 Å². The Morgan fingerprint density at radius 2 is 1.69 bits per heavy atom. The highest BCUT2D eigenvalue weighted by atomic mass is 16.1. The molecule has 2 aromatic rings. The second-order valence-electron chi connectivity index (χ2n) is 6.99. The Balaban J connectivity index is 1.55. The predicted octanol–water partition coefficient (Wildman–Crippen LogP) is 4.20. The molecule has 0 radical (unpaired) electrons. The summed E-state index contributed by atoms with van der Waals surface area (Å²) in [6, 6.07) is 15.7. The van der Waals surface area contributed by atoms with Crippen molar-refractivity contribution in [3.8, 4) is 0 Å². The smallest absolute Gasteiger partial charge is 0.251 e. The van der Waals surface area contributed by atoms with E-state index in [1.54, 1.807) is 24.3 Å². The van der Waals surface area contributed by atoms with Crippen molar-refractivity contribution in [3.05, 3.63) is 65.2 Å². The Kier molecular flexibility index (Phi) is 6.05. The lowest BCUT2D eigenvalue weighted by Crippen LogP contribution is -2.33. The first kappa shape index (κ1) is 18.2. The number of rotatable bonds is 6. The zero-order valence-corrected chi connectivity index (χ0v) is 15.3. The van der Waals surface area contributed by atoms with Crippen LogP contribution in [0.2, 0.25) is 0 Å². The Morgan fingerprint density at radius 1 is 1.04 bits per heavy atom. The summed E-state index contributed by atoms with van der Waals surface area (Å²) in [5.41, 5.74) is 3.43. The highest BCUT2D eigenvalue weighted by Gasteiger charge is 2.18. The van der Waals surface area contributed by atoms with Gasteiger partial charge >= 0.3 is 0 Å². The molecule has 0 spiro atoms. The zero-order valence-electron chi connectivity index (χ0n) is 15.3. The highest BCUT2D eigenvalue weighted by Crippen LogP contribution is 2.26. The molecule has 3 rings (SSSR count). The first-order valence-electron chi connectivity index (χ1n) is 9.32. The average molecular weight is 350 g/mol. The van der Waals surface area contributed by atoms with E-state index in [9.17, 15) is 9.59 Å². The molecule has 0 aromatic heterocycles.